The topological polar surface area (TPSA) is 0 Å². The molecule has 0 heterocycles. The first kappa shape index (κ1) is 7.64. The molecule has 2 aliphatic rings. The summed E-state index contributed by atoms with van der Waals surface area (Å²) in [7, 11) is 0. The van der Waals surface area contributed by atoms with Crippen molar-refractivity contribution >= 4 is 0 Å². The molecule has 11 heavy (non-hydrogen) atoms. The van der Waals surface area contributed by atoms with Gasteiger partial charge in [0.1, 0.15) is 0 Å². The molecule has 0 aromatic carbocycles. The summed E-state index contributed by atoms with van der Waals surface area (Å²) in [6.45, 7) is 2.34. The summed E-state index contributed by atoms with van der Waals surface area (Å²) in [6.07, 6.45) is 12.3. The standard InChI is InChI=1S/C11H20/c1-2-6-11-7-3-4-10(9-11)5-8-11/h10H,2-9H2,1H3. The van der Waals surface area contributed by atoms with Gasteiger partial charge in [0.05, 0.1) is 0 Å². The van der Waals surface area contributed by atoms with E-state index in [-0.39, 0.29) is 0 Å². The van der Waals surface area contributed by atoms with Crippen molar-refractivity contribution in [3.63, 3.8) is 0 Å². The maximum Gasteiger partial charge on any atom is -0.0295 e. The third-order valence-electron chi connectivity index (χ3n) is 3.90. The zero-order chi connectivity index (χ0) is 7.73. The Bertz CT molecular complexity index is 129. The van der Waals surface area contributed by atoms with Gasteiger partial charge in [-0.1, -0.05) is 26.2 Å². The Hall–Kier alpha value is 0. The molecule has 0 aromatic heterocycles. The third kappa shape index (κ3) is 1.32. The summed E-state index contributed by atoms with van der Waals surface area (Å²) in [6, 6.07) is 0. The molecular formula is C11H20. The first-order valence-corrected chi connectivity index (χ1v) is 5.35. The van der Waals surface area contributed by atoms with Gasteiger partial charge in [0.15, 0.2) is 0 Å². The lowest BCUT2D eigenvalue weighted by molar-refractivity contribution is 0.192. The summed E-state index contributed by atoms with van der Waals surface area (Å²) in [4.78, 5) is 0. The fourth-order valence-electron chi connectivity index (χ4n) is 3.45. The molecule has 2 fully saturated rings. The predicted octanol–water partition coefficient (Wildman–Crippen LogP) is 3.76. The number of rotatable bonds is 2. The van der Waals surface area contributed by atoms with Gasteiger partial charge in [-0.15, -0.1) is 0 Å². The molecule has 0 nitrogen and oxygen atoms in total. The average molecular weight is 152 g/mol. The van der Waals surface area contributed by atoms with Crippen LogP contribution in [0.25, 0.3) is 0 Å². The van der Waals surface area contributed by atoms with E-state index in [0.29, 0.717) is 0 Å². The van der Waals surface area contributed by atoms with Crippen LogP contribution in [0.1, 0.15) is 58.3 Å². The normalized spacial score (nSPS) is 42.8. The van der Waals surface area contributed by atoms with E-state index in [1.807, 2.05) is 0 Å². The Labute approximate surface area is 70.4 Å². The van der Waals surface area contributed by atoms with E-state index in [1.54, 1.807) is 32.1 Å². The molecule has 0 heteroatoms. The average Bonchev–Trinajstić information content (AvgIpc) is 2.28. The highest BCUT2D eigenvalue weighted by Gasteiger charge is 2.40. The molecule has 0 aliphatic heterocycles. The number of fused-ring (bicyclic) bond motifs is 2. The van der Waals surface area contributed by atoms with Crippen molar-refractivity contribution in [3.8, 4) is 0 Å². The van der Waals surface area contributed by atoms with Crippen molar-refractivity contribution in [3.05, 3.63) is 0 Å². The molecule has 2 atom stereocenters. The van der Waals surface area contributed by atoms with Crippen LogP contribution >= 0.6 is 0 Å². The van der Waals surface area contributed by atoms with E-state index in [0.717, 1.165) is 11.3 Å². The minimum Gasteiger partial charge on any atom is -0.0654 e. The molecule has 0 saturated heterocycles. The molecular weight excluding hydrogens is 132 g/mol. The summed E-state index contributed by atoms with van der Waals surface area (Å²) >= 11 is 0. The Morgan fingerprint density at radius 2 is 2.18 bits per heavy atom. The fraction of sp³-hybridized carbons (Fsp3) is 1.00. The predicted molar refractivity (Wildman–Crippen MR) is 48.5 cm³/mol. The van der Waals surface area contributed by atoms with Crippen LogP contribution in [0.5, 0.6) is 0 Å². The molecule has 2 unspecified atom stereocenters. The van der Waals surface area contributed by atoms with Gasteiger partial charge in [0, 0.05) is 0 Å². The Morgan fingerprint density at radius 1 is 1.27 bits per heavy atom. The van der Waals surface area contributed by atoms with E-state index >= 15 is 0 Å². The van der Waals surface area contributed by atoms with Gasteiger partial charge in [-0.2, -0.15) is 0 Å². The van der Waals surface area contributed by atoms with Crippen LogP contribution in [0.3, 0.4) is 0 Å². The summed E-state index contributed by atoms with van der Waals surface area (Å²) in [5.74, 6) is 1.13. The molecule has 2 bridgehead atoms. The van der Waals surface area contributed by atoms with Crippen LogP contribution in [0, 0.1) is 11.3 Å². The first-order chi connectivity index (χ1) is 5.35. The van der Waals surface area contributed by atoms with Gasteiger partial charge in [0.25, 0.3) is 0 Å². The number of hydrogen-bond acceptors (Lipinski definition) is 0. The van der Waals surface area contributed by atoms with Crippen molar-refractivity contribution in [2.45, 2.75) is 58.3 Å². The Morgan fingerprint density at radius 3 is 3.00 bits per heavy atom. The van der Waals surface area contributed by atoms with Crippen LogP contribution in [0.15, 0.2) is 0 Å². The van der Waals surface area contributed by atoms with Crippen LogP contribution in [-0.2, 0) is 0 Å². The quantitative estimate of drug-likeness (QED) is 0.565. The van der Waals surface area contributed by atoms with Crippen LogP contribution in [-0.4, -0.2) is 0 Å². The van der Waals surface area contributed by atoms with Gasteiger partial charge < -0.3 is 0 Å². The summed E-state index contributed by atoms with van der Waals surface area (Å²) < 4.78 is 0. The molecule has 0 N–H and O–H groups in total. The molecule has 2 rings (SSSR count). The lowest BCUT2D eigenvalue weighted by Crippen LogP contribution is -2.20. The molecule has 0 spiro atoms. The minimum absolute atomic E-state index is 0.845. The second-order valence-electron chi connectivity index (χ2n) is 4.75. The lowest BCUT2D eigenvalue weighted by atomic mass is 9.73. The monoisotopic (exact) mass is 152 g/mol. The van der Waals surface area contributed by atoms with Crippen LogP contribution < -0.4 is 0 Å². The first-order valence-electron chi connectivity index (χ1n) is 5.35. The second-order valence-corrected chi connectivity index (χ2v) is 4.75. The summed E-state index contributed by atoms with van der Waals surface area (Å²) in [5, 5.41) is 0. The second kappa shape index (κ2) is 2.80. The van der Waals surface area contributed by atoms with Gasteiger partial charge in [-0.25, -0.2) is 0 Å². The van der Waals surface area contributed by atoms with Crippen molar-refractivity contribution in [2.75, 3.05) is 0 Å². The van der Waals surface area contributed by atoms with Crippen molar-refractivity contribution in [2.24, 2.45) is 11.3 Å². The van der Waals surface area contributed by atoms with Gasteiger partial charge >= 0.3 is 0 Å². The van der Waals surface area contributed by atoms with Crippen molar-refractivity contribution in [1.82, 2.24) is 0 Å². The van der Waals surface area contributed by atoms with Crippen LogP contribution in [0.2, 0.25) is 0 Å². The zero-order valence-corrected chi connectivity index (χ0v) is 7.73. The highest BCUT2D eigenvalue weighted by atomic mass is 14.5. The molecule has 2 saturated carbocycles. The minimum atomic E-state index is 0.845. The van der Waals surface area contributed by atoms with E-state index in [9.17, 15) is 0 Å². The van der Waals surface area contributed by atoms with Crippen molar-refractivity contribution in [1.29, 1.82) is 0 Å². The van der Waals surface area contributed by atoms with Crippen LogP contribution in [0.4, 0.5) is 0 Å². The summed E-state index contributed by atoms with van der Waals surface area (Å²) in [5.41, 5.74) is 0.845. The largest absolute Gasteiger partial charge is 0.0654 e. The van der Waals surface area contributed by atoms with E-state index in [2.05, 4.69) is 6.92 Å². The highest BCUT2D eigenvalue weighted by molar-refractivity contribution is 4.92. The lowest BCUT2D eigenvalue weighted by Gasteiger charge is -2.32. The Kier molecular flexibility index (Phi) is 1.95. The maximum atomic E-state index is 2.34. The van der Waals surface area contributed by atoms with E-state index in [1.165, 1.54) is 19.3 Å². The Balaban J connectivity index is 2.01. The smallest absolute Gasteiger partial charge is 0.0295 e. The highest BCUT2D eigenvalue weighted by Crippen LogP contribution is 2.53. The van der Waals surface area contributed by atoms with Gasteiger partial charge in [0.2, 0.25) is 0 Å². The van der Waals surface area contributed by atoms with Crippen molar-refractivity contribution < 1.29 is 0 Å². The SMILES string of the molecule is CCCC12CCCC(CC1)C2. The van der Waals surface area contributed by atoms with E-state index < -0.39 is 0 Å². The van der Waals surface area contributed by atoms with E-state index in [4.69, 9.17) is 0 Å². The molecule has 0 amide bonds. The molecule has 0 radical (unpaired) electrons. The maximum absolute atomic E-state index is 2.34. The molecule has 64 valence electrons. The third-order valence-corrected chi connectivity index (χ3v) is 3.90. The number of hydrogen-bond donors (Lipinski definition) is 0. The van der Waals surface area contributed by atoms with Gasteiger partial charge in [-0.05, 0) is 43.4 Å². The van der Waals surface area contributed by atoms with Gasteiger partial charge in [-0.3, -0.25) is 0 Å². The fourth-order valence-corrected chi connectivity index (χ4v) is 3.45. The zero-order valence-electron chi connectivity index (χ0n) is 7.73. The molecule has 0 aromatic rings. The molecule has 2 aliphatic carbocycles.